The molecule has 5 heteroatoms. The molecular weight excluding hydrogens is 294 g/mol. The fourth-order valence-corrected chi connectivity index (χ4v) is 2.80. The molecule has 4 aromatic rings. The molecule has 0 aliphatic rings. The van der Waals surface area contributed by atoms with E-state index >= 15 is 0 Å². The number of rotatable bonds is 3. The van der Waals surface area contributed by atoms with Crippen LogP contribution < -0.4 is 0 Å². The minimum Gasteiger partial charge on any atom is -0.409 e. The average Bonchev–Trinajstić information content (AvgIpc) is 3.13. The van der Waals surface area contributed by atoms with Gasteiger partial charge in [0.05, 0.1) is 5.56 Å². The highest BCUT2D eigenvalue weighted by Crippen LogP contribution is 2.29. The lowest BCUT2D eigenvalue weighted by atomic mass is 10.2. The molecule has 2 heterocycles. The van der Waals surface area contributed by atoms with E-state index in [1.54, 1.807) is 0 Å². The maximum Gasteiger partial charge on any atom is 0.284 e. The molecule has 0 radical (unpaired) electrons. The first kappa shape index (κ1) is 13.0. The van der Waals surface area contributed by atoms with Gasteiger partial charge in [0.15, 0.2) is 0 Å². The second-order valence-corrected chi connectivity index (χ2v) is 5.46. The molecule has 4 nitrogen and oxygen atoms in total. The summed E-state index contributed by atoms with van der Waals surface area (Å²) in [6, 6.07) is 18.6. The summed E-state index contributed by atoms with van der Waals surface area (Å²) in [6.45, 7) is 0.798. The summed E-state index contributed by atoms with van der Waals surface area (Å²) in [5.41, 5.74) is 3.34. The number of aromatic nitrogens is 3. The van der Waals surface area contributed by atoms with Gasteiger partial charge in [0.2, 0.25) is 5.89 Å². The zero-order chi connectivity index (χ0) is 14.9. The monoisotopic (exact) mass is 307 g/mol. The summed E-state index contributed by atoms with van der Waals surface area (Å²) < 4.78 is 7.68. The van der Waals surface area contributed by atoms with Gasteiger partial charge in [0.1, 0.15) is 0 Å². The molecule has 108 valence electrons. The Morgan fingerprint density at radius 2 is 1.82 bits per heavy atom. The third-order valence-electron chi connectivity index (χ3n) is 3.65. The van der Waals surface area contributed by atoms with E-state index in [0.29, 0.717) is 5.89 Å². The van der Waals surface area contributed by atoms with Gasteiger partial charge < -0.3 is 8.98 Å². The number of para-hydroxylation sites is 1. The molecule has 0 aliphatic heterocycles. The molecular formula is C17H13N3OS. The summed E-state index contributed by atoms with van der Waals surface area (Å²) >= 11 is 4.98. The third-order valence-corrected chi connectivity index (χ3v) is 3.83. The Balaban J connectivity index is 1.87. The SMILES string of the molecule is S=c1[nH]nc(-c2cn(Cc3ccccc3)c3ccccc23)o1. The molecule has 0 fully saturated rings. The normalized spacial score (nSPS) is 11.1. The van der Waals surface area contributed by atoms with Gasteiger partial charge >= 0.3 is 0 Å². The van der Waals surface area contributed by atoms with E-state index in [1.807, 2.05) is 18.2 Å². The highest BCUT2D eigenvalue weighted by molar-refractivity contribution is 7.71. The number of nitrogens with one attached hydrogen (secondary N) is 1. The van der Waals surface area contributed by atoms with E-state index < -0.39 is 0 Å². The molecule has 0 aliphatic carbocycles. The van der Waals surface area contributed by atoms with Crippen LogP contribution in [0, 0.1) is 4.84 Å². The Bertz CT molecular complexity index is 982. The van der Waals surface area contributed by atoms with Crippen molar-refractivity contribution in [3.8, 4) is 11.5 Å². The van der Waals surface area contributed by atoms with Gasteiger partial charge in [-0.25, -0.2) is 5.10 Å². The minimum absolute atomic E-state index is 0.287. The molecule has 0 amide bonds. The first-order valence-electron chi connectivity index (χ1n) is 6.99. The quantitative estimate of drug-likeness (QED) is 0.571. The number of nitrogens with zero attached hydrogens (tertiary/aromatic N) is 2. The van der Waals surface area contributed by atoms with Gasteiger partial charge in [0, 0.05) is 23.6 Å². The second-order valence-electron chi connectivity index (χ2n) is 5.09. The zero-order valence-corrected chi connectivity index (χ0v) is 12.5. The van der Waals surface area contributed by atoms with Gasteiger partial charge in [-0.2, -0.15) is 0 Å². The van der Waals surface area contributed by atoms with Crippen molar-refractivity contribution in [1.29, 1.82) is 0 Å². The Kier molecular flexibility index (Phi) is 3.12. The van der Waals surface area contributed by atoms with E-state index in [9.17, 15) is 0 Å². The summed E-state index contributed by atoms with van der Waals surface area (Å²) in [7, 11) is 0. The van der Waals surface area contributed by atoms with Crippen LogP contribution in [0.5, 0.6) is 0 Å². The van der Waals surface area contributed by atoms with Crippen LogP contribution in [-0.2, 0) is 6.54 Å². The number of hydrogen-bond acceptors (Lipinski definition) is 3. The smallest absolute Gasteiger partial charge is 0.284 e. The first-order valence-corrected chi connectivity index (χ1v) is 7.40. The van der Waals surface area contributed by atoms with Crippen molar-refractivity contribution < 1.29 is 4.42 Å². The molecule has 1 N–H and O–H groups in total. The van der Waals surface area contributed by atoms with Gasteiger partial charge in [-0.3, -0.25) is 0 Å². The van der Waals surface area contributed by atoms with E-state index in [-0.39, 0.29) is 4.84 Å². The topological polar surface area (TPSA) is 46.8 Å². The molecule has 22 heavy (non-hydrogen) atoms. The largest absolute Gasteiger partial charge is 0.409 e. The number of aromatic amines is 1. The Morgan fingerprint density at radius 3 is 2.59 bits per heavy atom. The highest BCUT2D eigenvalue weighted by atomic mass is 32.1. The highest BCUT2D eigenvalue weighted by Gasteiger charge is 2.14. The molecule has 0 saturated heterocycles. The maximum atomic E-state index is 5.48. The summed E-state index contributed by atoms with van der Waals surface area (Å²) in [4.78, 5) is 0.287. The predicted molar refractivity (Wildman–Crippen MR) is 88.2 cm³/mol. The number of benzene rings is 2. The lowest BCUT2D eigenvalue weighted by Crippen LogP contribution is -1.97. The molecule has 0 unspecified atom stereocenters. The lowest BCUT2D eigenvalue weighted by molar-refractivity contribution is 0.552. The van der Waals surface area contributed by atoms with Crippen molar-refractivity contribution in [2.45, 2.75) is 6.54 Å². The third kappa shape index (κ3) is 2.25. The van der Waals surface area contributed by atoms with Crippen LogP contribution in [-0.4, -0.2) is 14.8 Å². The van der Waals surface area contributed by atoms with Crippen LogP contribution in [0.15, 0.2) is 65.2 Å². The van der Waals surface area contributed by atoms with E-state index in [4.69, 9.17) is 16.6 Å². The fraction of sp³-hybridized carbons (Fsp3) is 0.0588. The van der Waals surface area contributed by atoms with Crippen LogP contribution in [0.4, 0.5) is 0 Å². The van der Waals surface area contributed by atoms with Crippen LogP contribution >= 0.6 is 12.2 Å². The molecule has 2 aromatic heterocycles. The first-order chi connectivity index (χ1) is 10.8. The van der Waals surface area contributed by atoms with Crippen LogP contribution in [0.1, 0.15) is 5.56 Å². The van der Waals surface area contributed by atoms with Gasteiger partial charge in [-0.05, 0) is 23.8 Å². The van der Waals surface area contributed by atoms with E-state index in [2.05, 4.69) is 57.4 Å². The van der Waals surface area contributed by atoms with Crippen LogP contribution in [0.2, 0.25) is 0 Å². The summed E-state index contributed by atoms with van der Waals surface area (Å²) in [6.07, 6.45) is 2.06. The minimum atomic E-state index is 0.287. The molecule has 4 rings (SSSR count). The Morgan fingerprint density at radius 1 is 1.05 bits per heavy atom. The van der Waals surface area contributed by atoms with Gasteiger partial charge in [0.25, 0.3) is 4.84 Å². The van der Waals surface area contributed by atoms with Crippen molar-refractivity contribution >= 4 is 23.1 Å². The summed E-state index contributed by atoms with van der Waals surface area (Å²) in [5, 5.41) is 7.93. The van der Waals surface area contributed by atoms with Crippen molar-refractivity contribution in [3.05, 3.63) is 71.2 Å². The molecule has 0 atom stereocenters. The van der Waals surface area contributed by atoms with Gasteiger partial charge in [-0.15, -0.1) is 5.10 Å². The molecule has 2 aromatic carbocycles. The van der Waals surface area contributed by atoms with Crippen molar-refractivity contribution in [2.75, 3.05) is 0 Å². The molecule has 0 spiro atoms. The van der Waals surface area contributed by atoms with Gasteiger partial charge in [-0.1, -0.05) is 48.5 Å². The number of hydrogen-bond donors (Lipinski definition) is 1. The number of fused-ring (bicyclic) bond motifs is 1. The lowest BCUT2D eigenvalue weighted by Gasteiger charge is -2.05. The molecule has 0 bridgehead atoms. The predicted octanol–water partition coefficient (Wildman–Crippen LogP) is 4.40. The van der Waals surface area contributed by atoms with Crippen molar-refractivity contribution in [1.82, 2.24) is 14.8 Å². The summed E-state index contributed by atoms with van der Waals surface area (Å²) in [5.74, 6) is 0.521. The van der Waals surface area contributed by atoms with Crippen LogP contribution in [0.3, 0.4) is 0 Å². The standard InChI is InChI=1S/C17H13N3OS/c22-17-19-18-16(21-17)14-11-20(10-12-6-2-1-3-7-12)15-9-5-4-8-13(14)15/h1-9,11H,10H2,(H,19,22). The number of H-pyrrole nitrogens is 1. The Hall–Kier alpha value is -2.66. The Labute approximate surface area is 132 Å². The van der Waals surface area contributed by atoms with Crippen molar-refractivity contribution in [3.63, 3.8) is 0 Å². The van der Waals surface area contributed by atoms with Crippen LogP contribution in [0.25, 0.3) is 22.4 Å². The molecule has 0 saturated carbocycles. The zero-order valence-electron chi connectivity index (χ0n) is 11.7. The maximum absolute atomic E-state index is 5.48. The van der Waals surface area contributed by atoms with Crippen molar-refractivity contribution in [2.24, 2.45) is 0 Å². The second kappa shape index (κ2) is 5.27. The van der Waals surface area contributed by atoms with E-state index in [1.165, 1.54) is 5.56 Å². The van der Waals surface area contributed by atoms with E-state index in [0.717, 1.165) is 23.0 Å². The fourth-order valence-electron chi connectivity index (χ4n) is 2.67. The average molecular weight is 307 g/mol.